The predicted octanol–water partition coefficient (Wildman–Crippen LogP) is 6.37. The molecular formula is C28H30ClN3O3S. The molecule has 188 valence electrons. The third kappa shape index (κ3) is 6.71. The number of carbonyl (C=O) groups is 2. The normalized spacial score (nSPS) is 15.8. The number of nitriles is 1. The monoisotopic (exact) mass is 523 g/mol. The molecule has 3 rings (SSSR count). The van der Waals surface area contributed by atoms with E-state index in [0.717, 1.165) is 22.4 Å². The van der Waals surface area contributed by atoms with Crippen molar-refractivity contribution < 1.29 is 14.3 Å². The van der Waals surface area contributed by atoms with E-state index in [2.05, 4.69) is 16.7 Å². The average molecular weight is 524 g/mol. The van der Waals surface area contributed by atoms with Crippen LogP contribution in [0.4, 0.5) is 5.69 Å². The van der Waals surface area contributed by atoms with E-state index >= 15 is 0 Å². The molecule has 1 aliphatic heterocycles. The first kappa shape index (κ1) is 27.4. The Morgan fingerprint density at radius 3 is 2.39 bits per heavy atom. The third-order valence-corrected chi connectivity index (χ3v) is 6.74. The Kier molecular flexibility index (Phi) is 8.55. The largest absolute Gasteiger partial charge is 0.457 e. The summed E-state index contributed by atoms with van der Waals surface area (Å²) in [4.78, 5) is 25.9. The van der Waals surface area contributed by atoms with Crippen LogP contribution in [0, 0.1) is 25.2 Å². The molecule has 8 heteroatoms. The second-order valence-electron chi connectivity index (χ2n) is 9.66. The van der Waals surface area contributed by atoms with Crippen molar-refractivity contribution in [1.29, 1.82) is 5.26 Å². The van der Waals surface area contributed by atoms with Gasteiger partial charge in [0.2, 0.25) is 5.91 Å². The number of halogens is 1. The molecule has 1 aliphatic rings. The van der Waals surface area contributed by atoms with Crippen LogP contribution in [0.15, 0.2) is 64.3 Å². The van der Waals surface area contributed by atoms with Gasteiger partial charge in [-0.3, -0.25) is 4.79 Å². The Labute approximate surface area is 221 Å². The average Bonchev–Trinajstić information content (AvgIpc) is 2.78. The zero-order valence-electron chi connectivity index (χ0n) is 21.3. The number of benzene rings is 2. The van der Waals surface area contributed by atoms with Crippen LogP contribution >= 0.6 is 23.4 Å². The molecule has 1 heterocycles. The van der Waals surface area contributed by atoms with Gasteiger partial charge in [0.15, 0.2) is 0 Å². The molecule has 0 spiro atoms. The zero-order valence-corrected chi connectivity index (χ0v) is 22.9. The summed E-state index contributed by atoms with van der Waals surface area (Å²) in [6, 6.07) is 15.1. The van der Waals surface area contributed by atoms with Gasteiger partial charge in [0.25, 0.3) is 0 Å². The fraction of sp³-hybridized carbons (Fsp3) is 0.321. The highest BCUT2D eigenvalue weighted by molar-refractivity contribution is 8.03. The minimum absolute atomic E-state index is 0.0865. The van der Waals surface area contributed by atoms with Crippen molar-refractivity contribution in [2.45, 2.75) is 53.1 Å². The van der Waals surface area contributed by atoms with Crippen molar-refractivity contribution in [2.75, 3.05) is 11.1 Å². The summed E-state index contributed by atoms with van der Waals surface area (Å²) in [7, 11) is 0. The Hall–Kier alpha value is -3.21. The lowest BCUT2D eigenvalue weighted by Gasteiger charge is -2.31. The number of nitrogens with one attached hydrogen (secondary N) is 2. The van der Waals surface area contributed by atoms with Crippen LogP contribution < -0.4 is 10.6 Å². The molecule has 2 aromatic carbocycles. The van der Waals surface area contributed by atoms with E-state index in [-0.39, 0.29) is 11.7 Å². The fourth-order valence-corrected chi connectivity index (χ4v) is 4.91. The number of aryl methyl sites for hydroxylation is 2. The topological polar surface area (TPSA) is 91.2 Å². The molecular weight excluding hydrogens is 494 g/mol. The number of carbonyl (C=O) groups excluding carboxylic acids is 2. The van der Waals surface area contributed by atoms with Crippen LogP contribution in [-0.4, -0.2) is 23.2 Å². The second kappa shape index (κ2) is 11.2. The van der Waals surface area contributed by atoms with Crippen LogP contribution in [0.3, 0.4) is 0 Å². The summed E-state index contributed by atoms with van der Waals surface area (Å²) in [5.41, 5.74) is 4.14. The molecule has 0 radical (unpaired) electrons. The molecule has 2 aromatic rings. The minimum atomic E-state index is -0.702. The Balaban J connectivity index is 1.92. The number of dihydropyridines is 1. The molecule has 0 saturated carbocycles. The number of hydrogen-bond donors (Lipinski definition) is 2. The molecule has 1 atom stereocenters. The summed E-state index contributed by atoms with van der Waals surface area (Å²) in [6.45, 7) is 11.1. The maximum Gasteiger partial charge on any atom is 0.337 e. The van der Waals surface area contributed by atoms with Crippen LogP contribution in [0.1, 0.15) is 50.3 Å². The van der Waals surface area contributed by atoms with Crippen molar-refractivity contribution in [3.63, 3.8) is 0 Å². The van der Waals surface area contributed by atoms with Crippen LogP contribution in [0.2, 0.25) is 5.02 Å². The Morgan fingerprint density at radius 1 is 1.14 bits per heavy atom. The van der Waals surface area contributed by atoms with Gasteiger partial charge in [0.1, 0.15) is 5.60 Å². The van der Waals surface area contributed by atoms with E-state index in [4.69, 9.17) is 16.3 Å². The van der Waals surface area contributed by atoms with Crippen molar-refractivity contribution in [3.05, 3.63) is 86.0 Å². The number of rotatable bonds is 6. The van der Waals surface area contributed by atoms with Crippen molar-refractivity contribution in [3.8, 4) is 6.07 Å². The fourth-order valence-electron chi connectivity index (χ4n) is 3.90. The molecule has 36 heavy (non-hydrogen) atoms. The van der Waals surface area contributed by atoms with Gasteiger partial charge in [0, 0.05) is 16.4 Å². The maximum absolute atomic E-state index is 13.2. The van der Waals surface area contributed by atoms with Gasteiger partial charge in [-0.15, -0.1) is 0 Å². The van der Waals surface area contributed by atoms with Gasteiger partial charge in [0.05, 0.1) is 33.9 Å². The van der Waals surface area contributed by atoms with Crippen molar-refractivity contribution in [1.82, 2.24) is 5.32 Å². The first-order chi connectivity index (χ1) is 16.9. The van der Waals surface area contributed by atoms with Gasteiger partial charge in [-0.05, 0) is 70.9 Å². The number of nitrogens with zero attached hydrogens (tertiary/aromatic N) is 1. The highest BCUT2D eigenvalue weighted by Crippen LogP contribution is 2.41. The molecule has 0 aliphatic carbocycles. The van der Waals surface area contributed by atoms with Gasteiger partial charge in [-0.2, -0.15) is 5.26 Å². The molecule has 0 bridgehead atoms. The molecule has 1 amide bonds. The van der Waals surface area contributed by atoms with E-state index in [9.17, 15) is 14.9 Å². The lowest BCUT2D eigenvalue weighted by atomic mass is 9.82. The summed E-state index contributed by atoms with van der Waals surface area (Å²) in [6.07, 6.45) is 0. The van der Waals surface area contributed by atoms with Gasteiger partial charge in [-0.25, -0.2) is 4.79 Å². The minimum Gasteiger partial charge on any atom is -0.457 e. The molecule has 0 saturated heterocycles. The number of amides is 1. The Bertz CT molecular complexity index is 1280. The van der Waals surface area contributed by atoms with E-state index in [1.807, 2.05) is 32.0 Å². The summed E-state index contributed by atoms with van der Waals surface area (Å²) in [5.74, 6) is -1.27. The third-order valence-electron chi connectivity index (χ3n) is 5.47. The summed E-state index contributed by atoms with van der Waals surface area (Å²) < 4.78 is 5.67. The van der Waals surface area contributed by atoms with E-state index in [1.54, 1.807) is 52.0 Å². The molecule has 6 nitrogen and oxygen atoms in total. The number of ether oxygens (including phenoxy) is 1. The number of allylic oxidation sites excluding steroid dienone is 2. The van der Waals surface area contributed by atoms with Crippen molar-refractivity contribution >= 4 is 40.9 Å². The van der Waals surface area contributed by atoms with E-state index in [1.165, 1.54) is 11.8 Å². The summed E-state index contributed by atoms with van der Waals surface area (Å²) in [5, 5.41) is 17.3. The molecule has 2 N–H and O–H groups in total. The highest BCUT2D eigenvalue weighted by Gasteiger charge is 2.37. The van der Waals surface area contributed by atoms with Crippen LogP contribution in [0.5, 0.6) is 0 Å². The first-order valence-electron chi connectivity index (χ1n) is 11.5. The quantitative estimate of drug-likeness (QED) is 0.428. The van der Waals surface area contributed by atoms with E-state index in [0.29, 0.717) is 26.9 Å². The summed E-state index contributed by atoms with van der Waals surface area (Å²) >= 11 is 7.31. The molecule has 0 unspecified atom stereocenters. The van der Waals surface area contributed by atoms with Gasteiger partial charge in [-0.1, -0.05) is 53.2 Å². The smallest absolute Gasteiger partial charge is 0.337 e. The van der Waals surface area contributed by atoms with E-state index < -0.39 is 17.5 Å². The second-order valence-corrected chi connectivity index (χ2v) is 11.1. The zero-order chi connectivity index (χ0) is 26.6. The van der Waals surface area contributed by atoms with Crippen molar-refractivity contribution in [2.24, 2.45) is 0 Å². The first-order valence-corrected chi connectivity index (χ1v) is 12.9. The lowest BCUT2D eigenvalue weighted by Crippen LogP contribution is -2.32. The standard InChI is InChI=1S/C28H30ClN3O3S/c1-16-7-12-22(17(2)13-16)32-23(33)15-36-26-21(14-30)25(19-8-10-20(29)11-9-19)24(18(3)31-26)27(34)35-28(4,5)6/h7-13,25,31H,15H2,1-6H3,(H,32,33)/t25-/m1/s1. The number of thioether (sulfide) groups is 1. The van der Waals surface area contributed by atoms with Gasteiger partial charge >= 0.3 is 5.97 Å². The van der Waals surface area contributed by atoms with Crippen LogP contribution in [0.25, 0.3) is 0 Å². The highest BCUT2D eigenvalue weighted by atomic mass is 35.5. The SMILES string of the molecule is CC1=C(C(=O)OC(C)(C)C)[C@H](c2ccc(Cl)cc2)C(C#N)=C(SCC(=O)Nc2ccc(C)cc2C)N1. The molecule has 0 aromatic heterocycles. The predicted molar refractivity (Wildman–Crippen MR) is 146 cm³/mol. The number of hydrogen-bond acceptors (Lipinski definition) is 6. The Morgan fingerprint density at radius 2 is 1.81 bits per heavy atom. The van der Waals surface area contributed by atoms with Gasteiger partial charge < -0.3 is 15.4 Å². The molecule has 0 fully saturated rings. The number of esters is 1. The number of anilines is 1. The lowest BCUT2D eigenvalue weighted by molar-refractivity contribution is -0.150. The maximum atomic E-state index is 13.2. The van der Waals surface area contributed by atoms with Crippen LogP contribution in [-0.2, 0) is 14.3 Å².